The van der Waals surface area contributed by atoms with Crippen molar-refractivity contribution < 1.29 is 0 Å². The van der Waals surface area contributed by atoms with Gasteiger partial charge in [-0.1, -0.05) is 13.8 Å². The molecule has 0 aromatic carbocycles. The highest BCUT2D eigenvalue weighted by atomic mass is 15.3. The van der Waals surface area contributed by atoms with Gasteiger partial charge in [0.1, 0.15) is 6.29 Å². The molecule has 0 bridgehead atoms. The van der Waals surface area contributed by atoms with Gasteiger partial charge in [0.05, 0.1) is 0 Å². The molecule has 3 heteroatoms. The van der Waals surface area contributed by atoms with Crippen LogP contribution in [0.15, 0.2) is 0 Å². The van der Waals surface area contributed by atoms with E-state index < -0.39 is 0 Å². The van der Waals surface area contributed by atoms with Gasteiger partial charge in [0, 0.05) is 13.1 Å². The van der Waals surface area contributed by atoms with Gasteiger partial charge < -0.3 is 11.5 Å². The maximum atomic E-state index is 5.51. The predicted octanol–water partition coefficient (Wildman–Crippen LogP) is 0.309. The normalized spacial score (nSPS) is 11.4. The van der Waals surface area contributed by atoms with Crippen LogP contribution in [-0.2, 0) is 0 Å². The fraction of sp³-hybridized carbons (Fsp3) is 1.00. The standard InChI is InChI=1S/C7H19N3/c1-3-5-10(6-4-2)7(8)9/h7H,3-6,8-9H2,1-2H3. The molecule has 0 fully saturated rings. The molecule has 0 saturated heterocycles. The molecule has 0 aromatic rings. The van der Waals surface area contributed by atoms with Gasteiger partial charge in [0.15, 0.2) is 0 Å². The molecular weight excluding hydrogens is 126 g/mol. The van der Waals surface area contributed by atoms with Crippen LogP contribution < -0.4 is 11.5 Å². The average Bonchev–Trinajstić information content (AvgIpc) is 1.87. The largest absolute Gasteiger partial charge is 0.304 e. The van der Waals surface area contributed by atoms with Gasteiger partial charge in [0.2, 0.25) is 0 Å². The summed E-state index contributed by atoms with van der Waals surface area (Å²) in [6, 6.07) is 0. The molecule has 0 saturated carbocycles. The monoisotopic (exact) mass is 145 g/mol. The molecule has 3 nitrogen and oxygen atoms in total. The number of nitrogens with zero attached hydrogens (tertiary/aromatic N) is 1. The summed E-state index contributed by atoms with van der Waals surface area (Å²) in [4.78, 5) is 2.08. The third-order valence-corrected chi connectivity index (χ3v) is 1.44. The molecule has 0 rings (SSSR count). The summed E-state index contributed by atoms with van der Waals surface area (Å²) in [6.45, 7) is 6.27. The minimum absolute atomic E-state index is 0.278. The molecule has 0 unspecified atom stereocenters. The third kappa shape index (κ3) is 3.82. The summed E-state index contributed by atoms with van der Waals surface area (Å²) in [6.07, 6.45) is 1.95. The summed E-state index contributed by atoms with van der Waals surface area (Å²) in [7, 11) is 0. The number of nitrogens with two attached hydrogens (primary N) is 2. The molecule has 10 heavy (non-hydrogen) atoms. The van der Waals surface area contributed by atoms with Crippen LogP contribution in [-0.4, -0.2) is 24.3 Å². The highest BCUT2D eigenvalue weighted by Crippen LogP contribution is 1.92. The van der Waals surface area contributed by atoms with Gasteiger partial charge in [-0.05, 0) is 12.8 Å². The molecule has 0 aliphatic carbocycles. The zero-order chi connectivity index (χ0) is 7.98. The fourth-order valence-electron chi connectivity index (χ4n) is 0.984. The zero-order valence-electron chi connectivity index (χ0n) is 7.01. The van der Waals surface area contributed by atoms with E-state index in [1.54, 1.807) is 0 Å². The lowest BCUT2D eigenvalue weighted by atomic mass is 10.3. The number of hydrogen-bond donors (Lipinski definition) is 2. The molecule has 0 radical (unpaired) electrons. The van der Waals surface area contributed by atoms with E-state index in [1.165, 1.54) is 0 Å². The Morgan fingerprint density at radius 2 is 1.50 bits per heavy atom. The molecule has 0 amide bonds. The van der Waals surface area contributed by atoms with E-state index >= 15 is 0 Å². The van der Waals surface area contributed by atoms with Crippen molar-refractivity contribution in [3.05, 3.63) is 0 Å². The van der Waals surface area contributed by atoms with Gasteiger partial charge in [-0.15, -0.1) is 0 Å². The van der Waals surface area contributed by atoms with Gasteiger partial charge >= 0.3 is 0 Å². The molecule has 62 valence electrons. The zero-order valence-corrected chi connectivity index (χ0v) is 7.01. The van der Waals surface area contributed by atoms with Crippen LogP contribution in [0.2, 0.25) is 0 Å². The van der Waals surface area contributed by atoms with E-state index in [-0.39, 0.29) is 6.29 Å². The highest BCUT2D eigenvalue weighted by Gasteiger charge is 2.05. The first-order valence-corrected chi connectivity index (χ1v) is 3.97. The second-order valence-electron chi connectivity index (χ2n) is 2.53. The Labute approximate surface area is 63.4 Å². The van der Waals surface area contributed by atoms with Crippen LogP contribution >= 0.6 is 0 Å². The Kier molecular flexibility index (Phi) is 5.58. The first kappa shape index (κ1) is 9.88. The Hall–Kier alpha value is -0.120. The first-order valence-electron chi connectivity index (χ1n) is 3.97. The average molecular weight is 145 g/mol. The smallest absolute Gasteiger partial charge is 0.109 e. The van der Waals surface area contributed by atoms with Crippen LogP contribution in [0.3, 0.4) is 0 Å². The molecule has 0 aliphatic rings. The molecule has 0 heterocycles. The molecule has 0 atom stereocenters. The summed E-state index contributed by atoms with van der Waals surface area (Å²) >= 11 is 0. The van der Waals surface area contributed by atoms with Gasteiger partial charge in [-0.3, -0.25) is 4.90 Å². The number of rotatable bonds is 5. The van der Waals surface area contributed by atoms with Crippen molar-refractivity contribution in [3.63, 3.8) is 0 Å². The second-order valence-corrected chi connectivity index (χ2v) is 2.53. The van der Waals surface area contributed by atoms with Crippen LogP contribution in [0.1, 0.15) is 26.7 Å². The minimum Gasteiger partial charge on any atom is -0.304 e. The highest BCUT2D eigenvalue weighted by molar-refractivity contribution is 4.57. The van der Waals surface area contributed by atoms with Gasteiger partial charge in [0.25, 0.3) is 0 Å². The summed E-state index contributed by atoms with van der Waals surface area (Å²) in [5.74, 6) is 0. The Morgan fingerprint density at radius 1 is 1.10 bits per heavy atom. The predicted molar refractivity (Wildman–Crippen MR) is 44.3 cm³/mol. The Morgan fingerprint density at radius 3 is 1.70 bits per heavy atom. The summed E-state index contributed by atoms with van der Waals surface area (Å²) in [5.41, 5.74) is 11.0. The number of hydrogen-bond acceptors (Lipinski definition) is 3. The van der Waals surface area contributed by atoms with Crippen molar-refractivity contribution in [2.24, 2.45) is 11.5 Å². The second kappa shape index (κ2) is 5.65. The topological polar surface area (TPSA) is 55.3 Å². The maximum Gasteiger partial charge on any atom is 0.109 e. The van der Waals surface area contributed by atoms with Crippen LogP contribution in [0.4, 0.5) is 0 Å². The summed E-state index contributed by atoms with van der Waals surface area (Å²) in [5, 5.41) is 0. The molecular formula is C7H19N3. The van der Waals surface area contributed by atoms with Crippen molar-refractivity contribution in [2.75, 3.05) is 13.1 Å². The van der Waals surface area contributed by atoms with Gasteiger partial charge in [-0.2, -0.15) is 0 Å². The lowest BCUT2D eigenvalue weighted by Crippen LogP contribution is -2.49. The van der Waals surface area contributed by atoms with Crippen LogP contribution in [0.5, 0.6) is 0 Å². The fourth-order valence-corrected chi connectivity index (χ4v) is 0.984. The molecule has 4 N–H and O–H groups in total. The van der Waals surface area contributed by atoms with Crippen LogP contribution in [0.25, 0.3) is 0 Å². The van der Waals surface area contributed by atoms with E-state index in [9.17, 15) is 0 Å². The van der Waals surface area contributed by atoms with Crippen molar-refractivity contribution in [3.8, 4) is 0 Å². The van der Waals surface area contributed by atoms with E-state index in [2.05, 4.69) is 18.7 Å². The van der Waals surface area contributed by atoms with E-state index in [0.29, 0.717) is 0 Å². The van der Waals surface area contributed by atoms with E-state index in [1.807, 2.05) is 0 Å². The molecule has 0 aromatic heterocycles. The third-order valence-electron chi connectivity index (χ3n) is 1.44. The summed E-state index contributed by atoms with van der Waals surface area (Å²) < 4.78 is 0. The van der Waals surface area contributed by atoms with E-state index in [0.717, 1.165) is 25.9 Å². The first-order chi connectivity index (χ1) is 4.72. The van der Waals surface area contributed by atoms with Crippen molar-refractivity contribution in [2.45, 2.75) is 33.0 Å². The Balaban J connectivity index is 3.50. The van der Waals surface area contributed by atoms with Gasteiger partial charge in [-0.25, -0.2) is 0 Å². The maximum absolute atomic E-state index is 5.51. The SMILES string of the molecule is CCCN(CCC)C(N)N. The van der Waals surface area contributed by atoms with Crippen molar-refractivity contribution in [1.82, 2.24) is 4.90 Å². The molecule has 0 aliphatic heterocycles. The van der Waals surface area contributed by atoms with E-state index in [4.69, 9.17) is 11.5 Å². The lowest BCUT2D eigenvalue weighted by Gasteiger charge is -2.24. The Bertz CT molecular complexity index is 67.3. The van der Waals surface area contributed by atoms with Crippen LogP contribution in [0, 0.1) is 0 Å². The minimum atomic E-state index is -0.278. The molecule has 0 spiro atoms. The lowest BCUT2D eigenvalue weighted by molar-refractivity contribution is 0.204. The quantitative estimate of drug-likeness (QED) is 0.547. The van der Waals surface area contributed by atoms with Crippen molar-refractivity contribution >= 4 is 0 Å². The van der Waals surface area contributed by atoms with Crippen molar-refractivity contribution in [1.29, 1.82) is 0 Å².